The van der Waals surface area contributed by atoms with Gasteiger partial charge in [0.1, 0.15) is 0 Å². The largest absolute Gasteiger partial charge is 0.380 e. The highest BCUT2D eigenvalue weighted by Gasteiger charge is 2.34. The summed E-state index contributed by atoms with van der Waals surface area (Å²) in [5, 5.41) is 0. The van der Waals surface area contributed by atoms with Gasteiger partial charge in [0.15, 0.2) is 0 Å². The summed E-state index contributed by atoms with van der Waals surface area (Å²) >= 11 is 0. The zero-order valence-electron chi connectivity index (χ0n) is 10.6. The van der Waals surface area contributed by atoms with Crippen LogP contribution >= 0.6 is 0 Å². The topological polar surface area (TPSA) is 55.6 Å². The minimum Gasteiger partial charge on any atom is -0.380 e. The molecule has 0 spiro atoms. The van der Waals surface area contributed by atoms with Gasteiger partial charge in [0.05, 0.1) is 12.6 Å². The van der Waals surface area contributed by atoms with Crippen LogP contribution in [0.1, 0.15) is 27.2 Å². The van der Waals surface area contributed by atoms with Crippen LogP contribution < -0.4 is 5.73 Å². The molecule has 1 rings (SSSR count). The number of ether oxygens (including phenoxy) is 1. The Kier molecular flexibility index (Phi) is 5.22. The number of carbonyl (C=O) groups is 1. The van der Waals surface area contributed by atoms with E-state index in [4.69, 9.17) is 10.5 Å². The number of nitrogens with two attached hydrogens (primary N) is 1. The van der Waals surface area contributed by atoms with Crippen molar-refractivity contribution < 1.29 is 9.53 Å². The van der Waals surface area contributed by atoms with Gasteiger partial charge < -0.3 is 15.4 Å². The molecule has 1 saturated heterocycles. The molecule has 4 heteroatoms. The number of likely N-dealkylation sites (tertiary alicyclic amines) is 1. The van der Waals surface area contributed by atoms with Crippen molar-refractivity contribution in [3.05, 3.63) is 0 Å². The molecular formula is C12H24N2O2. The van der Waals surface area contributed by atoms with Crippen molar-refractivity contribution in [3.63, 3.8) is 0 Å². The van der Waals surface area contributed by atoms with Crippen molar-refractivity contribution in [3.8, 4) is 0 Å². The van der Waals surface area contributed by atoms with Crippen LogP contribution in [0, 0.1) is 11.8 Å². The van der Waals surface area contributed by atoms with Crippen molar-refractivity contribution >= 4 is 5.91 Å². The average molecular weight is 228 g/mol. The lowest BCUT2D eigenvalue weighted by atomic mass is 10.0. The molecule has 1 amide bonds. The monoisotopic (exact) mass is 228 g/mol. The predicted octanol–water partition coefficient (Wildman–Crippen LogP) is 0.855. The quantitative estimate of drug-likeness (QED) is 0.733. The van der Waals surface area contributed by atoms with E-state index in [9.17, 15) is 4.79 Å². The van der Waals surface area contributed by atoms with Crippen molar-refractivity contribution in [1.82, 2.24) is 4.90 Å². The third-order valence-electron chi connectivity index (χ3n) is 3.23. The van der Waals surface area contributed by atoms with Crippen LogP contribution in [0.25, 0.3) is 0 Å². The normalized spacial score (nSPS) is 23.2. The van der Waals surface area contributed by atoms with Crippen molar-refractivity contribution in [2.75, 3.05) is 26.3 Å². The second kappa shape index (κ2) is 6.21. The highest BCUT2D eigenvalue weighted by molar-refractivity contribution is 5.79. The first-order valence-electron chi connectivity index (χ1n) is 6.17. The molecule has 1 aliphatic heterocycles. The molecule has 94 valence electrons. The maximum atomic E-state index is 11.9. The lowest BCUT2D eigenvalue weighted by Gasteiger charge is -2.31. The Bertz CT molecular complexity index is 231. The van der Waals surface area contributed by atoms with Crippen LogP contribution in [-0.2, 0) is 9.53 Å². The summed E-state index contributed by atoms with van der Waals surface area (Å²) in [4.78, 5) is 13.8. The van der Waals surface area contributed by atoms with E-state index < -0.39 is 0 Å². The predicted molar refractivity (Wildman–Crippen MR) is 64.0 cm³/mol. The number of nitrogens with zero attached hydrogens (tertiary/aromatic N) is 1. The molecule has 0 radical (unpaired) electrons. The molecule has 0 aliphatic carbocycles. The van der Waals surface area contributed by atoms with E-state index in [-0.39, 0.29) is 11.9 Å². The SMILES string of the molecule is CCOCC(C(C)C)N1CC(CN)CC1=O. The molecule has 2 atom stereocenters. The highest BCUT2D eigenvalue weighted by atomic mass is 16.5. The molecule has 1 fully saturated rings. The molecule has 0 aromatic rings. The van der Waals surface area contributed by atoms with Gasteiger partial charge in [0, 0.05) is 19.6 Å². The van der Waals surface area contributed by atoms with Crippen LogP contribution in [-0.4, -0.2) is 43.2 Å². The Hall–Kier alpha value is -0.610. The first kappa shape index (κ1) is 13.5. The van der Waals surface area contributed by atoms with Gasteiger partial charge in [-0.15, -0.1) is 0 Å². The minimum atomic E-state index is 0.198. The summed E-state index contributed by atoms with van der Waals surface area (Å²) in [6.45, 7) is 8.97. The summed E-state index contributed by atoms with van der Waals surface area (Å²) < 4.78 is 5.46. The van der Waals surface area contributed by atoms with E-state index in [0.717, 1.165) is 6.54 Å². The first-order valence-corrected chi connectivity index (χ1v) is 6.17. The first-order chi connectivity index (χ1) is 7.60. The summed E-state index contributed by atoms with van der Waals surface area (Å²) in [6, 6.07) is 0.198. The fourth-order valence-electron chi connectivity index (χ4n) is 2.17. The van der Waals surface area contributed by atoms with Crippen molar-refractivity contribution in [1.29, 1.82) is 0 Å². The molecule has 1 aliphatic rings. The molecule has 2 unspecified atom stereocenters. The van der Waals surface area contributed by atoms with Gasteiger partial charge in [-0.3, -0.25) is 4.79 Å². The second-order valence-electron chi connectivity index (χ2n) is 4.82. The fraction of sp³-hybridized carbons (Fsp3) is 0.917. The minimum absolute atomic E-state index is 0.198. The average Bonchev–Trinajstić information content (AvgIpc) is 2.60. The summed E-state index contributed by atoms with van der Waals surface area (Å²) in [5.74, 6) is 0.983. The zero-order chi connectivity index (χ0) is 12.1. The maximum Gasteiger partial charge on any atom is 0.223 e. The van der Waals surface area contributed by atoms with Crippen molar-refractivity contribution in [2.24, 2.45) is 17.6 Å². The molecule has 16 heavy (non-hydrogen) atoms. The van der Waals surface area contributed by atoms with E-state index in [1.807, 2.05) is 11.8 Å². The van der Waals surface area contributed by atoms with Gasteiger partial charge >= 0.3 is 0 Å². The van der Waals surface area contributed by atoms with Gasteiger partial charge in [0.2, 0.25) is 5.91 Å². The standard InChI is InChI=1S/C12H24N2O2/c1-4-16-8-11(9(2)3)14-7-10(6-13)5-12(14)15/h9-11H,4-8,13H2,1-3H3. The van der Waals surface area contributed by atoms with E-state index in [1.165, 1.54) is 0 Å². The molecule has 0 aromatic carbocycles. The molecule has 1 heterocycles. The lowest BCUT2D eigenvalue weighted by Crippen LogP contribution is -2.43. The van der Waals surface area contributed by atoms with E-state index in [1.54, 1.807) is 0 Å². The number of rotatable bonds is 6. The number of hydrogen-bond donors (Lipinski definition) is 1. The van der Waals surface area contributed by atoms with Gasteiger partial charge in [-0.1, -0.05) is 13.8 Å². The summed E-state index contributed by atoms with van der Waals surface area (Å²) in [7, 11) is 0. The Morgan fingerprint density at radius 2 is 2.25 bits per heavy atom. The van der Waals surface area contributed by atoms with Crippen LogP contribution in [0.5, 0.6) is 0 Å². The van der Waals surface area contributed by atoms with E-state index in [2.05, 4.69) is 13.8 Å². The van der Waals surface area contributed by atoms with Crippen LogP contribution in [0.15, 0.2) is 0 Å². The smallest absolute Gasteiger partial charge is 0.223 e. The number of hydrogen-bond acceptors (Lipinski definition) is 3. The molecule has 2 N–H and O–H groups in total. The van der Waals surface area contributed by atoms with Crippen LogP contribution in [0.3, 0.4) is 0 Å². The number of amides is 1. The van der Waals surface area contributed by atoms with Gasteiger partial charge in [-0.25, -0.2) is 0 Å². The molecule has 4 nitrogen and oxygen atoms in total. The van der Waals surface area contributed by atoms with E-state index in [0.29, 0.717) is 38.0 Å². The third-order valence-corrected chi connectivity index (χ3v) is 3.23. The van der Waals surface area contributed by atoms with Crippen LogP contribution in [0.4, 0.5) is 0 Å². The van der Waals surface area contributed by atoms with Crippen molar-refractivity contribution in [2.45, 2.75) is 33.2 Å². The molecular weight excluding hydrogens is 204 g/mol. The molecule has 0 aromatic heterocycles. The van der Waals surface area contributed by atoms with E-state index >= 15 is 0 Å². The van der Waals surface area contributed by atoms with Gasteiger partial charge in [-0.05, 0) is 25.3 Å². The van der Waals surface area contributed by atoms with Gasteiger partial charge in [0.25, 0.3) is 0 Å². The Morgan fingerprint density at radius 3 is 2.69 bits per heavy atom. The van der Waals surface area contributed by atoms with Gasteiger partial charge in [-0.2, -0.15) is 0 Å². The lowest BCUT2D eigenvalue weighted by molar-refractivity contribution is -0.131. The Balaban J connectivity index is 2.60. The Morgan fingerprint density at radius 1 is 1.56 bits per heavy atom. The molecule has 0 bridgehead atoms. The molecule has 0 saturated carbocycles. The van der Waals surface area contributed by atoms with Crippen LogP contribution in [0.2, 0.25) is 0 Å². The zero-order valence-corrected chi connectivity index (χ0v) is 10.6. The maximum absolute atomic E-state index is 11.9. The highest BCUT2D eigenvalue weighted by Crippen LogP contribution is 2.23. The number of carbonyl (C=O) groups excluding carboxylic acids is 1. The third kappa shape index (κ3) is 3.19. The summed E-state index contributed by atoms with van der Waals surface area (Å²) in [5.41, 5.74) is 5.62. The summed E-state index contributed by atoms with van der Waals surface area (Å²) in [6.07, 6.45) is 0.603. The second-order valence-corrected chi connectivity index (χ2v) is 4.82. The Labute approximate surface area is 98.1 Å². The fourth-order valence-corrected chi connectivity index (χ4v) is 2.17.